The number of aryl methyl sites for hydroxylation is 1. The second kappa shape index (κ2) is 11.2. The fraction of sp³-hybridized carbons (Fsp3) is 0.207. The van der Waals surface area contributed by atoms with E-state index in [0.29, 0.717) is 12.2 Å². The van der Waals surface area contributed by atoms with Crippen molar-refractivity contribution in [1.29, 1.82) is 0 Å². The van der Waals surface area contributed by atoms with Crippen LogP contribution in [0, 0.1) is 0 Å². The number of nitrogens with zero attached hydrogens (tertiary/aromatic N) is 2. The second-order valence-electron chi connectivity index (χ2n) is 8.28. The van der Waals surface area contributed by atoms with E-state index in [1.54, 1.807) is 6.07 Å². The minimum Gasteiger partial charge on any atom is -0.354 e. The SMILES string of the molecule is CCc1ccc(-c2ccc(=O)n(CC(=O)NCCC(c3ccccc3)c3ccccc3)n2)cc1. The fourth-order valence-corrected chi connectivity index (χ4v) is 4.07. The van der Waals surface area contributed by atoms with E-state index in [1.165, 1.54) is 27.4 Å². The highest BCUT2D eigenvalue weighted by molar-refractivity contribution is 5.75. The predicted octanol–water partition coefficient (Wildman–Crippen LogP) is 4.81. The van der Waals surface area contributed by atoms with Crippen LogP contribution in [0.15, 0.2) is 102 Å². The monoisotopic (exact) mass is 451 g/mol. The Morgan fingerprint density at radius 2 is 1.47 bits per heavy atom. The molecule has 1 heterocycles. The maximum absolute atomic E-state index is 12.6. The van der Waals surface area contributed by atoms with Gasteiger partial charge in [0, 0.05) is 24.1 Å². The Labute approximate surface area is 200 Å². The van der Waals surface area contributed by atoms with Gasteiger partial charge in [0.15, 0.2) is 0 Å². The van der Waals surface area contributed by atoms with Gasteiger partial charge >= 0.3 is 0 Å². The molecule has 0 fully saturated rings. The Hall–Kier alpha value is -3.99. The summed E-state index contributed by atoms with van der Waals surface area (Å²) in [6.45, 7) is 2.50. The molecule has 3 aromatic carbocycles. The molecule has 0 radical (unpaired) electrons. The van der Waals surface area contributed by atoms with Gasteiger partial charge in [-0.25, -0.2) is 4.68 Å². The average Bonchev–Trinajstić information content (AvgIpc) is 2.89. The van der Waals surface area contributed by atoms with E-state index in [0.717, 1.165) is 18.4 Å². The summed E-state index contributed by atoms with van der Waals surface area (Å²) in [5.74, 6) is -0.0501. The summed E-state index contributed by atoms with van der Waals surface area (Å²) in [5, 5.41) is 7.38. The summed E-state index contributed by atoms with van der Waals surface area (Å²) < 4.78 is 1.23. The molecule has 0 spiro atoms. The van der Waals surface area contributed by atoms with Crippen molar-refractivity contribution in [1.82, 2.24) is 15.1 Å². The van der Waals surface area contributed by atoms with Gasteiger partial charge in [-0.3, -0.25) is 9.59 Å². The lowest BCUT2D eigenvalue weighted by molar-refractivity contribution is -0.121. The van der Waals surface area contributed by atoms with Crippen LogP contribution < -0.4 is 10.9 Å². The first kappa shape index (κ1) is 23.2. The summed E-state index contributed by atoms with van der Waals surface area (Å²) in [6.07, 6.45) is 1.72. The topological polar surface area (TPSA) is 64.0 Å². The van der Waals surface area contributed by atoms with Crippen molar-refractivity contribution >= 4 is 5.91 Å². The van der Waals surface area contributed by atoms with E-state index in [1.807, 2.05) is 48.5 Å². The van der Waals surface area contributed by atoms with Crippen LogP contribution in [0.3, 0.4) is 0 Å². The summed E-state index contributed by atoms with van der Waals surface area (Å²) in [5.41, 5.74) is 4.95. The van der Waals surface area contributed by atoms with Gasteiger partial charge in [0.05, 0.1) is 5.69 Å². The maximum atomic E-state index is 12.6. The molecule has 0 saturated carbocycles. The van der Waals surface area contributed by atoms with Crippen LogP contribution in [0.5, 0.6) is 0 Å². The third-order valence-electron chi connectivity index (χ3n) is 5.98. The standard InChI is InChI=1S/C29H29N3O2/c1-2-22-13-15-25(16-14-22)27-17-18-29(34)32(31-27)21-28(33)30-20-19-26(23-9-5-3-6-10-23)24-11-7-4-8-12-24/h3-18,26H,2,19-21H2,1H3,(H,30,33). The Balaban J connectivity index is 1.41. The average molecular weight is 452 g/mol. The van der Waals surface area contributed by atoms with Crippen molar-refractivity contribution in [3.8, 4) is 11.3 Å². The van der Waals surface area contributed by atoms with Crippen LogP contribution >= 0.6 is 0 Å². The second-order valence-corrected chi connectivity index (χ2v) is 8.28. The molecule has 0 aliphatic rings. The normalized spacial score (nSPS) is 10.9. The highest BCUT2D eigenvalue weighted by atomic mass is 16.2. The zero-order valence-corrected chi connectivity index (χ0v) is 19.4. The van der Waals surface area contributed by atoms with Crippen LogP contribution in [-0.4, -0.2) is 22.2 Å². The molecule has 0 bridgehead atoms. The molecule has 0 saturated heterocycles. The van der Waals surface area contributed by atoms with E-state index in [4.69, 9.17) is 0 Å². The van der Waals surface area contributed by atoms with Crippen molar-refractivity contribution < 1.29 is 4.79 Å². The molecular formula is C29H29N3O2. The van der Waals surface area contributed by atoms with Gasteiger partial charge in [0.25, 0.3) is 5.56 Å². The Kier molecular flexibility index (Phi) is 7.66. The molecule has 5 nitrogen and oxygen atoms in total. The minimum absolute atomic E-state index is 0.110. The highest BCUT2D eigenvalue weighted by Crippen LogP contribution is 2.27. The molecule has 34 heavy (non-hydrogen) atoms. The molecule has 4 rings (SSSR count). The Bertz CT molecular complexity index is 1230. The summed E-state index contributed by atoms with van der Waals surface area (Å²) in [7, 11) is 0. The number of benzene rings is 3. The van der Waals surface area contributed by atoms with Crippen LogP contribution in [0.4, 0.5) is 0 Å². The van der Waals surface area contributed by atoms with Crippen LogP contribution in [0.25, 0.3) is 11.3 Å². The number of nitrogens with one attached hydrogen (secondary N) is 1. The van der Waals surface area contributed by atoms with Gasteiger partial charge in [-0.2, -0.15) is 5.10 Å². The van der Waals surface area contributed by atoms with Crippen LogP contribution in [0.1, 0.15) is 36.0 Å². The molecule has 1 aromatic heterocycles. The van der Waals surface area contributed by atoms with Crippen molar-refractivity contribution in [3.05, 3.63) is 124 Å². The third kappa shape index (κ3) is 5.87. The lowest BCUT2D eigenvalue weighted by Crippen LogP contribution is -2.34. The molecule has 0 unspecified atom stereocenters. The van der Waals surface area contributed by atoms with Crippen molar-refractivity contribution in [3.63, 3.8) is 0 Å². The maximum Gasteiger partial charge on any atom is 0.267 e. The number of hydrogen-bond donors (Lipinski definition) is 1. The smallest absolute Gasteiger partial charge is 0.267 e. The minimum atomic E-state index is -0.296. The molecule has 172 valence electrons. The quantitative estimate of drug-likeness (QED) is 0.397. The number of carbonyl (C=O) groups excluding carboxylic acids is 1. The molecule has 0 aliphatic heterocycles. The predicted molar refractivity (Wildman–Crippen MR) is 136 cm³/mol. The lowest BCUT2D eigenvalue weighted by Gasteiger charge is -2.18. The zero-order valence-electron chi connectivity index (χ0n) is 19.4. The summed E-state index contributed by atoms with van der Waals surface area (Å²) in [4.78, 5) is 25.0. The first-order valence-corrected chi connectivity index (χ1v) is 11.7. The van der Waals surface area contributed by atoms with Crippen molar-refractivity contribution in [2.45, 2.75) is 32.2 Å². The Morgan fingerprint density at radius 3 is 2.06 bits per heavy atom. The van der Waals surface area contributed by atoms with Crippen LogP contribution in [-0.2, 0) is 17.8 Å². The Morgan fingerprint density at radius 1 is 0.853 bits per heavy atom. The summed E-state index contributed by atoms with van der Waals surface area (Å²) in [6, 6.07) is 31.8. The molecule has 4 aromatic rings. The van der Waals surface area contributed by atoms with Crippen LogP contribution in [0.2, 0.25) is 0 Å². The lowest BCUT2D eigenvalue weighted by atomic mass is 9.88. The van der Waals surface area contributed by atoms with Gasteiger partial charge < -0.3 is 5.32 Å². The fourth-order valence-electron chi connectivity index (χ4n) is 4.07. The molecule has 0 aliphatic carbocycles. The van der Waals surface area contributed by atoms with E-state index < -0.39 is 0 Å². The van der Waals surface area contributed by atoms with Gasteiger partial charge in [0.2, 0.25) is 5.91 Å². The van der Waals surface area contributed by atoms with Gasteiger partial charge in [0.1, 0.15) is 6.54 Å². The molecule has 1 amide bonds. The van der Waals surface area contributed by atoms with E-state index in [2.05, 4.69) is 53.7 Å². The van der Waals surface area contributed by atoms with Gasteiger partial charge in [-0.1, -0.05) is 91.9 Å². The number of carbonyl (C=O) groups is 1. The van der Waals surface area contributed by atoms with E-state index in [9.17, 15) is 9.59 Å². The first-order valence-electron chi connectivity index (χ1n) is 11.7. The zero-order chi connectivity index (χ0) is 23.8. The number of amides is 1. The summed E-state index contributed by atoms with van der Waals surface area (Å²) >= 11 is 0. The highest BCUT2D eigenvalue weighted by Gasteiger charge is 2.15. The first-order chi connectivity index (χ1) is 16.6. The van der Waals surface area contributed by atoms with Gasteiger partial charge in [-0.05, 0) is 35.6 Å². The van der Waals surface area contributed by atoms with Gasteiger partial charge in [-0.15, -0.1) is 0 Å². The largest absolute Gasteiger partial charge is 0.354 e. The van der Waals surface area contributed by atoms with E-state index >= 15 is 0 Å². The molecule has 0 atom stereocenters. The molecule has 5 heteroatoms. The molecule has 1 N–H and O–H groups in total. The number of hydrogen-bond acceptors (Lipinski definition) is 3. The van der Waals surface area contributed by atoms with Crippen molar-refractivity contribution in [2.24, 2.45) is 0 Å². The molecular weight excluding hydrogens is 422 g/mol. The van der Waals surface area contributed by atoms with Crippen molar-refractivity contribution in [2.75, 3.05) is 6.54 Å². The number of aromatic nitrogens is 2. The number of rotatable bonds is 9. The third-order valence-corrected chi connectivity index (χ3v) is 5.98. The van der Waals surface area contributed by atoms with E-state index in [-0.39, 0.29) is 23.9 Å².